The number of amides is 1. The molecule has 1 fully saturated rings. The van der Waals surface area contributed by atoms with Crippen LogP contribution in [0.5, 0.6) is 0 Å². The fourth-order valence-electron chi connectivity index (χ4n) is 3.05. The molecule has 0 radical (unpaired) electrons. The Labute approximate surface area is 153 Å². The molecule has 0 spiro atoms. The third-order valence-corrected chi connectivity index (χ3v) is 4.37. The summed E-state index contributed by atoms with van der Waals surface area (Å²) in [6.07, 6.45) is 5.84. The molecule has 26 heavy (non-hydrogen) atoms. The Balaban J connectivity index is 2.09. The van der Waals surface area contributed by atoms with E-state index in [2.05, 4.69) is 10.2 Å². The van der Waals surface area contributed by atoms with Crippen molar-refractivity contribution in [1.29, 1.82) is 0 Å². The summed E-state index contributed by atoms with van der Waals surface area (Å²) in [4.78, 5) is 38.1. The molecule has 1 amide bonds. The van der Waals surface area contributed by atoms with Crippen LogP contribution < -0.4 is 5.32 Å². The number of rotatable bonds is 5. The maximum atomic E-state index is 12.4. The van der Waals surface area contributed by atoms with Crippen molar-refractivity contribution < 1.29 is 23.9 Å². The normalized spacial score (nSPS) is 15.5. The largest absolute Gasteiger partial charge is 0.465 e. The first-order valence-electron chi connectivity index (χ1n) is 8.87. The molecule has 1 N–H and O–H groups in total. The van der Waals surface area contributed by atoms with Crippen LogP contribution in [0.3, 0.4) is 0 Å². The van der Waals surface area contributed by atoms with E-state index in [1.54, 1.807) is 0 Å². The predicted molar refractivity (Wildman–Crippen MR) is 97.3 cm³/mol. The average molecular weight is 362 g/mol. The summed E-state index contributed by atoms with van der Waals surface area (Å²) in [6, 6.07) is 4.36. The predicted octanol–water partition coefficient (Wildman–Crippen LogP) is 2.46. The average Bonchev–Trinajstić information content (AvgIpc) is 2.62. The van der Waals surface area contributed by atoms with Crippen LogP contribution in [0.4, 0.5) is 5.69 Å². The van der Waals surface area contributed by atoms with E-state index < -0.39 is 11.9 Å². The van der Waals surface area contributed by atoms with Gasteiger partial charge in [-0.2, -0.15) is 0 Å². The van der Waals surface area contributed by atoms with E-state index in [4.69, 9.17) is 9.47 Å². The SMILES string of the molecule is COC(=O)c1cc(NC(=O)CN2CCCCCCC2)cc(C(=O)OC)c1. The third kappa shape index (κ3) is 5.84. The van der Waals surface area contributed by atoms with Crippen LogP contribution >= 0.6 is 0 Å². The van der Waals surface area contributed by atoms with Gasteiger partial charge in [0.25, 0.3) is 0 Å². The summed E-state index contributed by atoms with van der Waals surface area (Å²) in [7, 11) is 2.51. The highest BCUT2D eigenvalue weighted by Gasteiger charge is 2.16. The zero-order valence-electron chi connectivity index (χ0n) is 15.4. The zero-order chi connectivity index (χ0) is 18.9. The number of esters is 2. The molecule has 0 unspecified atom stereocenters. The molecule has 0 aromatic heterocycles. The molecule has 7 heteroatoms. The van der Waals surface area contributed by atoms with Crippen molar-refractivity contribution in [3.05, 3.63) is 29.3 Å². The second kappa shape index (κ2) is 9.91. The summed E-state index contributed by atoms with van der Waals surface area (Å²) in [5.74, 6) is -1.35. The van der Waals surface area contributed by atoms with Crippen molar-refractivity contribution in [2.75, 3.05) is 39.2 Å². The van der Waals surface area contributed by atoms with Crippen LogP contribution in [0.25, 0.3) is 0 Å². The molecule has 142 valence electrons. The summed E-state index contributed by atoms with van der Waals surface area (Å²) in [5, 5.41) is 2.77. The quantitative estimate of drug-likeness (QED) is 0.810. The smallest absolute Gasteiger partial charge is 0.337 e. The highest BCUT2D eigenvalue weighted by molar-refractivity contribution is 5.99. The molecule has 1 heterocycles. The van der Waals surface area contributed by atoms with E-state index in [1.807, 2.05) is 0 Å². The molecule has 7 nitrogen and oxygen atoms in total. The number of carbonyl (C=O) groups is 3. The molecule has 0 saturated carbocycles. The van der Waals surface area contributed by atoms with Crippen molar-refractivity contribution >= 4 is 23.5 Å². The summed E-state index contributed by atoms with van der Waals surface area (Å²) < 4.78 is 9.40. The Bertz CT molecular complexity index is 617. The fourth-order valence-corrected chi connectivity index (χ4v) is 3.05. The minimum atomic E-state index is -0.588. The highest BCUT2D eigenvalue weighted by atomic mass is 16.5. The first-order valence-corrected chi connectivity index (χ1v) is 8.87. The van der Waals surface area contributed by atoms with E-state index in [1.165, 1.54) is 51.7 Å². The van der Waals surface area contributed by atoms with Gasteiger partial charge in [-0.25, -0.2) is 9.59 Å². The van der Waals surface area contributed by atoms with Gasteiger partial charge in [0.05, 0.1) is 31.9 Å². The van der Waals surface area contributed by atoms with Crippen LogP contribution in [-0.4, -0.2) is 56.6 Å². The van der Waals surface area contributed by atoms with Gasteiger partial charge in [-0.3, -0.25) is 9.69 Å². The van der Waals surface area contributed by atoms with E-state index in [0.29, 0.717) is 5.69 Å². The van der Waals surface area contributed by atoms with Crippen molar-refractivity contribution in [3.63, 3.8) is 0 Å². The Morgan fingerprint density at radius 2 is 1.38 bits per heavy atom. The minimum absolute atomic E-state index is 0.177. The minimum Gasteiger partial charge on any atom is -0.465 e. The number of nitrogens with one attached hydrogen (secondary N) is 1. The molecule has 1 aliphatic rings. The second-order valence-electron chi connectivity index (χ2n) is 6.37. The van der Waals surface area contributed by atoms with Crippen molar-refractivity contribution in [3.8, 4) is 0 Å². The van der Waals surface area contributed by atoms with Gasteiger partial charge in [0.15, 0.2) is 0 Å². The molecule has 0 bridgehead atoms. The van der Waals surface area contributed by atoms with Gasteiger partial charge in [0, 0.05) is 5.69 Å². The maximum absolute atomic E-state index is 12.4. The fraction of sp³-hybridized carbons (Fsp3) is 0.526. The molecule has 1 aliphatic heterocycles. The number of methoxy groups -OCH3 is 2. The van der Waals surface area contributed by atoms with E-state index in [9.17, 15) is 14.4 Å². The van der Waals surface area contributed by atoms with Gasteiger partial charge in [0.2, 0.25) is 5.91 Å². The van der Waals surface area contributed by atoms with E-state index >= 15 is 0 Å². The lowest BCUT2D eigenvalue weighted by molar-refractivity contribution is -0.117. The van der Waals surface area contributed by atoms with Crippen LogP contribution in [0.15, 0.2) is 18.2 Å². The van der Waals surface area contributed by atoms with Gasteiger partial charge >= 0.3 is 11.9 Å². The van der Waals surface area contributed by atoms with Crippen molar-refractivity contribution in [2.24, 2.45) is 0 Å². The monoisotopic (exact) mass is 362 g/mol. The molecule has 1 aromatic carbocycles. The number of likely N-dealkylation sites (tertiary alicyclic amines) is 1. The zero-order valence-corrected chi connectivity index (χ0v) is 15.4. The number of anilines is 1. The van der Waals surface area contributed by atoms with Crippen LogP contribution in [0, 0.1) is 0 Å². The molecule has 0 atom stereocenters. The number of hydrogen-bond acceptors (Lipinski definition) is 6. The first-order chi connectivity index (χ1) is 12.5. The standard InChI is InChI=1S/C19H26N2O5/c1-25-18(23)14-10-15(19(24)26-2)12-16(11-14)20-17(22)13-21-8-6-4-3-5-7-9-21/h10-12H,3-9,13H2,1-2H3,(H,20,22). The summed E-state index contributed by atoms with van der Waals surface area (Å²) in [5.41, 5.74) is 0.722. The summed E-state index contributed by atoms with van der Waals surface area (Å²) >= 11 is 0. The van der Waals surface area contributed by atoms with Crippen LogP contribution in [0.2, 0.25) is 0 Å². The molecular formula is C19H26N2O5. The van der Waals surface area contributed by atoms with Gasteiger partial charge < -0.3 is 14.8 Å². The maximum Gasteiger partial charge on any atom is 0.337 e. The second-order valence-corrected chi connectivity index (χ2v) is 6.37. The number of ether oxygens (including phenoxy) is 2. The van der Waals surface area contributed by atoms with Crippen molar-refractivity contribution in [1.82, 2.24) is 4.90 Å². The van der Waals surface area contributed by atoms with E-state index in [-0.39, 0.29) is 23.6 Å². The van der Waals surface area contributed by atoms with Crippen LogP contribution in [0.1, 0.15) is 52.8 Å². The van der Waals surface area contributed by atoms with E-state index in [0.717, 1.165) is 25.9 Å². The Morgan fingerprint density at radius 3 is 1.88 bits per heavy atom. The lowest BCUT2D eigenvalue weighted by atomic mass is 10.1. The number of benzene rings is 1. The topological polar surface area (TPSA) is 84.9 Å². The summed E-state index contributed by atoms with van der Waals surface area (Å²) in [6.45, 7) is 2.10. The Morgan fingerprint density at radius 1 is 0.885 bits per heavy atom. The molecule has 1 aromatic rings. The Kier molecular flexibility index (Phi) is 7.59. The Hall–Kier alpha value is -2.41. The molecule has 2 rings (SSSR count). The molecule has 0 aliphatic carbocycles. The lowest BCUT2D eigenvalue weighted by Crippen LogP contribution is -2.35. The molecular weight excluding hydrogens is 336 g/mol. The first kappa shape index (κ1) is 19.9. The highest BCUT2D eigenvalue weighted by Crippen LogP contribution is 2.17. The number of nitrogens with zero attached hydrogens (tertiary/aromatic N) is 1. The third-order valence-electron chi connectivity index (χ3n) is 4.37. The van der Waals surface area contributed by atoms with Gasteiger partial charge in [-0.05, 0) is 44.1 Å². The number of carbonyl (C=O) groups excluding carboxylic acids is 3. The van der Waals surface area contributed by atoms with Gasteiger partial charge in [0.1, 0.15) is 0 Å². The lowest BCUT2D eigenvalue weighted by Gasteiger charge is -2.23. The van der Waals surface area contributed by atoms with Gasteiger partial charge in [-0.1, -0.05) is 19.3 Å². The number of hydrogen-bond donors (Lipinski definition) is 1. The van der Waals surface area contributed by atoms with Crippen molar-refractivity contribution in [2.45, 2.75) is 32.1 Å². The van der Waals surface area contributed by atoms with Gasteiger partial charge in [-0.15, -0.1) is 0 Å². The van der Waals surface area contributed by atoms with Crippen LogP contribution in [-0.2, 0) is 14.3 Å². The molecule has 1 saturated heterocycles.